The van der Waals surface area contributed by atoms with Crippen molar-refractivity contribution in [3.05, 3.63) is 48.7 Å². The van der Waals surface area contributed by atoms with Crippen molar-refractivity contribution in [1.82, 2.24) is 14.9 Å². The molecule has 0 spiro atoms. The van der Waals surface area contributed by atoms with Gasteiger partial charge in [-0.2, -0.15) is 4.98 Å². The van der Waals surface area contributed by atoms with Gasteiger partial charge in [-0.1, -0.05) is 18.7 Å². The van der Waals surface area contributed by atoms with Gasteiger partial charge in [0.2, 0.25) is 11.9 Å². The first kappa shape index (κ1) is 24.0. The SMILES string of the molecule is C=CC(=O)Nc1ccccc1Nc1nc(N[C@H]2CCCN(C(=O)OC(C)(C)C)C2)ncc1C. The van der Waals surface area contributed by atoms with Gasteiger partial charge in [-0.25, -0.2) is 9.78 Å². The summed E-state index contributed by atoms with van der Waals surface area (Å²) < 4.78 is 5.51. The first-order valence-electron chi connectivity index (χ1n) is 11.0. The van der Waals surface area contributed by atoms with Crippen molar-refractivity contribution in [2.45, 2.75) is 52.2 Å². The van der Waals surface area contributed by atoms with E-state index >= 15 is 0 Å². The van der Waals surface area contributed by atoms with E-state index in [1.165, 1.54) is 6.08 Å². The highest BCUT2D eigenvalue weighted by molar-refractivity contribution is 6.01. The van der Waals surface area contributed by atoms with Crippen molar-refractivity contribution in [3.8, 4) is 0 Å². The smallest absolute Gasteiger partial charge is 0.410 e. The number of nitrogens with zero attached hydrogens (tertiary/aromatic N) is 3. The number of amides is 2. The van der Waals surface area contributed by atoms with Gasteiger partial charge >= 0.3 is 6.09 Å². The largest absolute Gasteiger partial charge is 0.444 e. The van der Waals surface area contributed by atoms with Gasteiger partial charge in [0.15, 0.2) is 0 Å². The van der Waals surface area contributed by atoms with Gasteiger partial charge in [-0.05, 0) is 58.7 Å². The average molecular weight is 453 g/mol. The van der Waals surface area contributed by atoms with Gasteiger partial charge in [-0.15, -0.1) is 0 Å². The lowest BCUT2D eigenvalue weighted by molar-refractivity contribution is -0.111. The minimum absolute atomic E-state index is 0.0148. The standard InChI is InChI=1S/C24H32N6O3/c1-6-20(31)27-18-11-7-8-12-19(18)28-21-16(2)14-25-22(29-21)26-17-10-9-13-30(15-17)23(32)33-24(3,4)5/h6-8,11-12,14,17H,1,9-10,13,15H2,2-5H3,(H,27,31)(H2,25,26,28,29)/t17-/m0/s1. The minimum atomic E-state index is -0.528. The predicted molar refractivity (Wildman–Crippen MR) is 130 cm³/mol. The number of anilines is 4. The Balaban J connectivity index is 1.70. The van der Waals surface area contributed by atoms with Crippen LogP contribution < -0.4 is 16.0 Å². The van der Waals surface area contributed by atoms with Gasteiger partial charge in [0.05, 0.1) is 11.4 Å². The number of aromatic nitrogens is 2. The maximum atomic E-state index is 12.4. The summed E-state index contributed by atoms with van der Waals surface area (Å²) in [6.07, 6.45) is 4.41. The second-order valence-corrected chi connectivity index (χ2v) is 9.00. The van der Waals surface area contributed by atoms with Gasteiger partial charge in [0.1, 0.15) is 11.4 Å². The van der Waals surface area contributed by atoms with Gasteiger partial charge in [0, 0.05) is 30.9 Å². The van der Waals surface area contributed by atoms with Crippen LogP contribution in [0.4, 0.5) is 27.9 Å². The van der Waals surface area contributed by atoms with Crippen LogP contribution in [-0.4, -0.2) is 51.6 Å². The number of carbonyl (C=O) groups is 2. The summed E-state index contributed by atoms with van der Waals surface area (Å²) in [4.78, 5) is 35.0. The third-order valence-corrected chi connectivity index (χ3v) is 5.00. The number of carbonyl (C=O) groups excluding carboxylic acids is 2. The number of piperidine rings is 1. The van der Waals surface area contributed by atoms with Crippen LogP contribution in [-0.2, 0) is 9.53 Å². The van der Waals surface area contributed by atoms with Crippen LogP contribution in [0, 0.1) is 6.92 Å². The number of nitrogens with one attached hydrogen (secondary N) is 3. The van der Waals surface area contributed by atoms with Crippen LogP contribution in [0.25, 0.3) is 0 Å². The lowest BCUT2D eigenvalue weighted by Gasteiger charge is -2.34. The fourth-order valence-corrected chi connectivity index (χ4v) is 3.42. The van der Waals surface area contributed by atoms with Crippen molar-refractivity contribution in [3.63, 3.8) is 0 Å². The van der Waals surface area contributed by atoms with E-state index in [9.17, 15) is 9.59 Å². The van der Waals surface area contributed by atoms with Crippen molar-refractivity contribution < 1.29 is 14.3 Å². The summed E-state index contributed by atoms with van der Waals surface area (Å²) in [6, 6.07) is 7.37. The number of ether oxygens (including phenoxy) is 1. The molecule has 2 amide bonds. The molecule has 1 aliphatic rings. The van der Waals surface area contributed by atoms with E-state index < -0.39 is 5.60 Å². The van der Waals surface area contributed by atoms with Gasteiger partial charge < -0.3 is 25.6 Å². The number of hydrogen-bond acceptors (Lipinski definition) is 7. The topological polar surface area (TPSA) is 108 Å². The van der Waals surface area contributed by atoms with Crippen molar-refractivity contribution in [1.29, 1.82) is 0 Å². The summed E-state index contributed by atoms with van der Waals surface area (Å²) in [5, 5.41) is 9.40. The Kier molecular flexibility index (Phi) is 7.52. The normalized spacial score (nSPS) is 16.0. The summed E-state index contributed by atoms with van der Waals surface area (Å²) in [6.45, 7) is 12.2. The maximum Gasteiger partial charge on any atom is 0.410 e. The molecule has 3 rings (SSSR count). The molecule has 33 heavy (non-hydrogen) atoms. The lowest BCUT2D eigenvalue weighted by atomic mass is 10.1. The highest BCUT2D eigenvalue weighted by Crippen LogP contribution is 2.27. The molecular weight excluding hydrogens is 420 g/mol. The first-order valence-corrected chi connectivity index (χ1v) is 11.0. The van der Waals surface area contributed by atoms with Crippen LogP contribution in [0.5, 0.6) is 0 Å². The van der Waals surface area contributed by atoms with Crippen molar-refractivity contribution in [2.75, 3.05) is 29.0 Å². The molecule has 9 heteroatoms. The van der Waals surface area contributed by atoms with Crippen LogP contribution in [0.15, 0.2) is 43.1 Å². The first-order chi connectivity index (χ1) is 15.6. The fourth-order valence-electron chi connectivity index (χ4n) is 3.42. The van der Waals surface area contributed by atoms with E-state index in [0.29, 0.717) is 36.2 Å². The van der Waals surface area contributed by atoms with Gasteiger partial charge in [-0.3, -0.25) is 4.79 Å². The zero-order valence-corrected chi connectivity index (χ0v) is 19.6. The molecule has 0 saturated carbocycles. The number of benzene rings is 1. The molecule has 0 radical (unpaired) electrons. The Morgan fingerprint density at radius 1 is 1.24 bits per heavy atom. The molecule has 1 aromatic heterocycles. The number of hydrogen-bond donors (Lipinski definition) is 3. The van der Waals surface area contributed by atoms with Crippen molar-refractivity contribution in [2.24, 2.45) is 0 Å². The van der Waals surface area contributed by atoms with E-state index in [-0.39, 0.29) is 18.0 Å². The van der Waals surface area contributed by atoms with Crippen LogP contribution >= 0.6 is 0 Å². The zero-order valence-electron chi connectivity index (χ0n) is 19.6. The van der Waals surface area contributed by atoms with Crippen molar-refractivity contribution >= 4 is 35.1 Å². The quantitative estimate of drug-likeness (QED) is 0.555. The third-order valence-electron chi connectivity index (χ3n) is 5.00. The molecule has 9 nitrogen and oxygen atoms in total. The van der Waals surface area contributed by atoms with Crippen LogP contribution in [0.2, 0.25) is 0 Å². The molecule has 0 bridgehead atoms. The summed E-state index contributed by atoms with van der Waals surface area (Å²) in [5.74, 6) is 0.789. The zero-order chi connectivity index (χ0) is 24.0. The fraction of sp³-hybridized carbons (Fsp3) is 0.417. The molecule has 3 N–H and O–H groups in total. The number of rotatable bonds is 6. The predicted octanol–water partition coefficient (Wildman–Crippen LogP) is 4.46. The van der Waals surface area contributed by atoms with E-state index in [1.807, 2.05) is 45.9 Å². The molecule has 0 aliphatic carbocycles. The van der Waals surface area contributed by atoms with Crippen LogP contribution in [0.1, 0.15) is 39.2 Å². The lowest BCUT2D eigenvalue weighted by Crippen LogP contribution is -2.47. The Morgan fingerprint density at radius 3 is 2.67 bits per heavy atom. The molecule has 176 valence electrons. The monoisotopic (exact) mass is 452 g/mol. The van der Waals surface area contributed by atoms with E-state index in [4.69, 9.17) is 4.74 Å². The summed E-state index contributed by atoms with van der Waals surface area (Å²) in [7, 11) is 0. The van der Waals surface area contributed by atoms with Crippen LogP contribution in [0.3, 0.4) is 0 Å². The Bertz CT molecular complexity index is 1020. The number of para-hydroxylation sites is 2. The second kappa shape index (κ2) is 10.3. The minimum Gasteiger partial charge on any atom is -0.444 e. The molecule has 1 saturated heterocycles. The van der Waals surface area contributed by atoms with E-state index in [0.717, 1.165) is 18.4 Å². The highest BCUT2D eigenvalue weighted by atomic mass is 16.6. The summed E-state index contributed by atoms with van der Waals surface area (Å²) in [5.41, 5.74) is 1.65. The second-order valence-electron chi connectivity index (χ2n) is 9.00. The van der Waals surface area contributed by atoms with E-state index in [2.05, 4.69) is 32.5 Å². The molecule has 2 heterocycles. The molecule has 0 unspecified atom stereocenters. The molecular formula is C24H32N6O3. The summed E-state index contributed by atoms with van der Waals surface area (Å²) >= 11 is 0. The van der Waals surface area contributed by atoms with E-state index in [1.54, 1.807) is 17.2 Å². The maximum absolute atomic E-state index is 12.4. The molecule has 1 atom stereocenters. The van der Waals surface area contributed by atoms with Gasteiger partial charge in [0.25, 0.3) is 0 Å². The third kappa shape index (κ3) is 6.93. The molecule has 1 aliphatic heterocycles. The highest BCUT2D eigenvalue weighted by Gasteiger charge is 2.28. The molecule has 2 aromatic rings. The Morgan fingerprint density at radius 2 is 1.97 bits per heavy atom. The molecule has 1 fully saturated rings. The average Bonchev–Trinajstić information content (AvgIpc) is 2.76. The number of aryl methyl sites for hydroxylation is 1. The Labute approximate surface area is 194 Å². The number of likely N-dealkylation sites (tertiary alicyclic amines) is 1. The Hall–Kier alpha value is -3.62. The molecule has 1 aromatic carbocycles.